The second-order valence-electron chi connectivity index (χ2n) is 8.06. The summed E-state index contributed by atoms with van der Waals surface area (Å²) in [4.78, 5) is 11.6. The minimum absolute atomic E-state index is 0.287. The summed E-state index contributed by atoms with van der Waals surface area (Å²) in [6.45, 7) is 7.33. The van der Waals surface area contributed by atoms with E-state index in [2.05, 4.69) is 0 Å². The molecule has 0 saturated carbocycles. The topological polar surface area (TPSA) is 98.4 Å². The van der Waals surface area contributed by atoms with E-state index in [9.17, 15) is 15.0 Å². The van der Waals surface area contributed by atoms with E-state index in [0.29, 0.717) is 17.9 Å². The van der Waals surface area contributed by atoms with Crippen molar-refractivity contribution in [3.8, 4) is 5.75 Å². The van der Waals surface area contributed by atoms with Crippen LogP contribution in [0, 0.1) is 6.92 Å². The monoisotopic (exact) mass is 418 g/mol. The quantitative estimate of drug-likeness (QED) is 0.685. The zero-order valence-corrected chi connectivity index (χ0v) is 18.0. The van der Waals surface area contributed by atoms with E-state index in [-0.39, 0.29) is 6.10 Å². The highest BCUT2D eigenvalue weighted by atomic mass is 16.6. The van der Waals surface area contributed by atoms with E-state index in [4.69, 9.17) is 18.6 Å². The predicted molar refractivity (Wildman–Crippen MR) is 112 cm³/mol. The number of aliphatic hydroxyl groups excluding tert-OH is 2. The van der Waals surface area contributed by atoms with Gasteiger partial charge in [-0.2, -0.15) is 0 Å². The Labute approximate surface area is 176 Å². The molecule has 2 aliphatic heterocycles. The van der Waals surface area contributed by atoms with Gasteiger partial charge in [-0.3, -0.25) is 0 Å². The van der Waals surface area contributed by atoms with Crippen LogP contribution in [0.1, 0.15) is 38.5 Å². The highest BCUT2D eigenvalue weighted by Crippen LogP contribution is 2.49. The molecule has 2 saturated heterocycles. The van der Waals surface area contributed by atoms with Crippen LogP contribution in [-0.2, 0) is 9.47 Å². The molecule has 0 aliphatic carbocycles. The molecule has 2 fully saturated rings. The maximum atomic E-state index is 11.6. The van der Waals surface area contributed by atoms with Gasteiger partial charge in [0.15, 0.2) is 0 Å². The zero-order valence-electron chi connectivity index (χ0n) is 18.0. The Morgan fingerprint density at radius 1 is 1.13 bits per heavy atom. The van der Waals surface area contributed by atoms with Crippen LogP contribution >= 0.6 is 0 Å². The van der Waals surface area contributed by atoms with E-state index in [1.807, 2.05) is 20.8 Å². The third-order valence-electron chi connectivity index (χ3n) is 6.08. The van der Waals surface area contributed by atoms with Crippen molar-refractivity contribution in [3.05, 3.63) is 58.2 Å². The van der Waals surface area contributed by atoms with Crippen LogP contribution in [0.5, 0.6) is 5.75 Å². The van der Waals surface area contributed by atoms with Crippen LogP contribution in [0.4, 0.5) is 0 Å². The number of aliphatic hydroxyl groups is 2. The van der Waals surface area contributed by atoms with Crippen molar-refractivity contribution in [2.75, 3.05) is 7.11 Å². The summed E-state index contributed by atoms with van der Waals surface area (Å²) in [5.41, 5.74) is -1.69. The standard InChI is InChI=1S/C23H30O7/c1-6-18-22(3)21(26)23(4,30-18)20(25)16(29-22)12-10-8-7-9-11-15-14(2)17(27-5)13-19(24)28-15/h7-13,16,18,20-21,25-26H,6H2,1-5H3. The van der Waals surface area contributed by atoms with Gasteiger partial charge in [0, 0.05) is 5.56 Å². The lowest BCUT2D eigenvalue weighted by Crippen LogP contribution is -2.64. The van der Waals surface area contributed by atoms with Crippen molar-refractivity contribution in [1.82, 2.24) is 0 Å². The fourth-order valence-corrected chi connectivity index (χ4v) is 4.29. The van der Waals surface area contributed by atoms with Crippen LogP contribution < -0.4 is 10.4 Å². The molecular weight excluding hydrogens is 388 g/mol. The fourth-order valence-electron chi connectivity index (χ4n) is 4.29. The molecule has 30 heavy (non-hydrogen) atoms. The van der Waals surface area contributed by atoms with Gasteiger partial charge in [-0.1, -0.05) is 37.3 Å². The lowest BCUT2D eigenvalue weighted by Gasteiger charge is -2.45. The fraction of sp³-hybridized carbons (Fsp3) is 0.522. The molecule has 0 aromatic carbocycles. The number of hydrogen-bond acceptors (Lipinski definition) is 7. The Balaban J connectivity index is 1.69. The van der Waals surface area contributed by atoms with E-state index in [1.54, 1.807) is 43.4 Å². The molecule has 2 N–H and O–H groups in total. The molecule has 7 nitrogen and oxygen atoms in total. The average Bonchev–Trinajstić information content (AvgIpc) is 2.86. The highest BCUT2D eigenvalue weighted by molar-refractivity contribution is 5.52. The molecule has 0 amide bonds. The van der Waals surface area contributed by atoms with Gasteiger partial charge < -0.3 is 28.8 Å². The molecule has 164 valence electrons. The molecular formula is C23H30O7. The zero-order chi connectivity index (χ0) is 22.1. The summed E-state index contributed by atoms with van der Waals surface area (Å²) in [5, 5.41) is 21.4. The predicted octanol–water partition coefficient (Wildman–Crippen LogP) is 2.53. The highest BCUT2D eigenvalue weighted by Gasteiger charge is 2.67. The normalized spacial score (nSPS) is 36.4. The van der Waals surface area contributed by atoms with Gasteiger partial charge in [-0.15, -0.1) is 0 Å². The van der Waals surface area contributed by atoms with E-state index in [1.165, 1.54) is 13.2 Å². The summed E-state index contributed by atoms with van der Waals surface area (Å²) in [5.74, 6) is 0.901. The van der Waals surface area contributed by atoms with Crippen LogP contribution in [-0.4, -0.2) is 52.9 Å². The van der Waals surface area contributed by atoms with Gasteiger partial charge in [0.25, 0.3) is 0 Å². The largest absolute Gasteiger partial charge is 0.496 e. The van der Waals surface area contributed by atoms with Crippen molar-refractivity contribution >= 4 is 6.08 Å². The first-order valence-corrected chi connectivity index (χ1v) is 10.1. The molecule has 6 unspecified atom stereocenters. The number of rotatable bonds is 6. The van der Waals surface area contributed by atoms with Crippen LogP contribution in [0.3, 0.4) is 0 Å². The van der Waals surface area contributed by atoms with E-state index in [0.717, 1.165) is 5.56 Å². The Morgan fingerprint density at radius 2 is 1.83 bits per heavy atom. The molecule has 2 bridgehead atoms. The van der Waals surface area contributed by atoms with Gasteiger partial charge >= 0.3 is 5.63 Å². The van der Waals surface area contributed by atoms with Crippen LogP contribution in [0.15, 0.2) is 45.7 Å². The number of ether oxygens (including phenoxy) is 3. The maximum Gasteiger partial charge on any atom is 0.339 e. The minimum Gasteiger partial charge on any atom is -0.496 e. The van der Waals surface area contributed by atoms with Crippen molar-refractivity contribution in [2.24, 2.45) is 0 Å². The number of allylic oxidation sites excluding steroid dienone is 4. The first kappa shape index (κ1) is 22.5. The first-order valence-electron chi connectivity index (χ1n) is 10.1. The summed E-state index contributed by atoms with van der Waals surface area (Å²) < 4.78 is 22.4. The van der Waals surface area contributed by atoms with Crippen molar-refractivity contribution in [2.45, 2.75) is 69.7 Å². The summed E-state index contributed by atoms with van der Waals surface area (Å²) in [7, 11) is 1.50. The molecule has 0 radical (unpaired) electrons. The third kappa shape index (κ3) is 3.78. The lowest BCUT2D eigenvalue weighted by molar-refractivity contribution is -0.224. The third-order valence-corrected chi connectivity index (χ3v) is 6.08. The number of fused-ring (bicyclic) bond motifs is 2. The molecule has 6 atom stereocenters. The molecule has 0 spiro atoms. The Bertz CT molecular complexity index is 911. The minimum atomic E-state index is -1.08. The second-order valence-corrected chi connectivity index (χ2v) is 8.06. The van der Waals surface area contributed by atoms with Crippen molar-refractivity contribution in [1.29, 1.82) is 0 Å². The van der Waals surface area contributed by atoms with Gasteiger partial charge in [0.1, 0.15) is 41.0 Å². The van der Waals surface area contributed by atoms with Gasteiger partial charge in [-0.25, -0.2) is 4.79 Å². The van der Waals surface area contributed by atoms with E-state index >= 15 is 0 Å². The lowest BCUT2D eigenvalue weighted by atomic mass is 9.78. The van der Waals surface area contributed by atoms with Crippen LogP contribution in [0.2, 0.25) is 0 Å². The Hall–Kier alpha value is -2.19. The maximum absolute atomic E-state index is 11.6. The molecule has 1 aromatic heterocycles. The molecule has 2 aliphatic rings. The van der Waals surface area contributed by atoms with Crippen LogP contribution in [0.25, 0.3) is 6.08 Å². The molecule has 7 heteroatoms. The second kappa shape index (κ2) is 8.51. The summed E-state index contributed by atoms with van der Waals surface area (Å²) >= 11 is 0. The summed E-state index contributed by atoms with van der Waals surface area (Å²) in [6, 6.07) is 1.30. The van der Waals surface area contributed by atoms with Crippen molar-refractivity contribution in [3.63, 3.8) is 0 Å². The SMILES string of the molecule is CCC1OC2(C)C(O)C(C=CC=CC=Cc3oc(=O)cc(OC)c3C)OC1(C)C2O. The number of hydrogen-bond donors (Lipinski definition) is 2. The summed E-state index contributed by atoms with van der Waals surface area (Å²) in [6.07, 6.45) is 8.34. The Morgan fingerprint density at radius 3 is 2.50 bits per heavy atom. The van der Waals surface area contributed by atoms with Gasteiger partial charge in [0.2, 0.25) is 0 Å². The molecule has 3 rings (SSSR count). The van der Waals surface area contributed by atoms with Gasteiger partial charge in [0.05, 0.1) is 19.3 Å². The van der Waals surface area contributed by atoms with Gasteiger partial charge in [-0.05, 0) is 33.3 Å². The van der Waals surface area contributed by atoms with E-state index < -0.39 is 35.1 Å². The smallest absolute Gasteiger partial charge is 0.339 e. The Kier molecular flexibility index (Phi) is 6.38. The first-order chi connectivity index (χ1) is 14.2. The molecule has 1 aromatic rings. The number of methoxy groups -OCH3 is 1. The van der Waals surface area contributed by atoms with Crippen molar-refractivity contribution < 1.29 is 28.8 Å². The molecule has 3 heterocycles. The average molecular weight is 418 g/mol.